The van der Waals surface area contributed by atoms with Gasteiger partial charge in [-0.15, -0.1) is 0 Å². The van der Waals surface area contributed by atoms with Gasteiger partial charge in [0.25, 0.3) is 5.91 Å². The molecule has 2 N–H and O–H groups in total. The molecule has 1 atom stereocenters. The minimum atomic E-state index is -4.42. The molecule has 1 fully saturated rings. The number of aromatic amines is 1. The SMILES string of the molecule is O=C(N[C@@H]1CCCN(c2cc(-c3ccccc3)[nH]n2)C1)c1ccc(C(F)(F)F)cc1. The Bertz CT molecular complexity index is 999. The van der Waals surface area contributed by atoms with E-state index in [-0.39, 0.29) is 17.5 Å². The van der Waals surface area contributed by atoms with Crippen LogP contribution in [0.4, 0.5) is 19.0 Å². The van der Waals surface area contributed by atoms with Crippen LogP contribution in [-0.4, -0.2) is 35.2 Å². The lowest BCUT2D eigenvalue weighted by Gasteiger charge is -2.33. The Kier molecular flexibility index (Phi) is 5.48. The summed E-state index contributed by atoms with van der Waals surface area (Å²) in [5, 5.41) is 10.4. The average molecular weight is 414 g/mol. The molecule has 8 heteroatoms. The molecule has 2 heterocycles. The number of alkyl halides is 3. The molecule has 1 aromatic heterocycles. The zero-order chi connectivity index (χ0) is 21.1. The summed E-state index contributed by atoms with van der Waals surface area (Å²) in [6, 6.07) is 16.0. The van der Waals surface area contributed by atoms with Gasteiger partial charge in [0.2, 0.25) is 0 Å². The minimum Gasteiger partial charge on any atom is -0.353 e. The summed E-state index contributed by atoms with van der Waals surface area (Å²) in [5.74, 6) is 0.435. The Labute approximate surface area is 171 Å². The molecule has 1 saturated heterocycles. The summed E-state index contributed by atoms with van der Waals surface area (Å²) in [7, 11) is 0. The number of benzene rings is 2. The predicted octanol–water partition coefficient (Wildman–Crippen LogP) is 4.49. The van der Waals surface area contributed by atoms with E-state index in [2.05, 4.69) is 20.4 Å². The molecule has 2 aromatic carbocycles. The summed E-state index contributed by atoms with van der Waals surface area (Å²) in [5.41, 5.74) is 1.41. The quantitative estimate of drug-likeness (QED) is 0.661. The van der Waals surface area contributed by atoms with Crippen LogP contribution in [0.25, 0.3) is 11.3 Å². The Hall–Kier alpha value is -3.29. The Morgan fingerprint density at radius 2 is 1.83 bits per heavy atom. The van der Waals surface area contributed by atoms with Crippen molar-refractivity contribution >= 4 is 11.7 Å². The second-order valence-electron chi connectivity index (χ2n) is 7.34. The molecule has 0 aliphatic carbocycles. The standard InChI is InChI=1S/C22H21F3N4O/c23-22(24,25)17-10-8-16(9-11-17)21(30)26-18-7-4-12-29(14-18)20-13-19(27-28-20)15-5-2-1-3-6-15/h1-3,5-6,8-11,13,18H,4,7,12,14H2,(H,26,30)(H,27,28)/t18-/m1/s1. The van der Waals surface area contributed by atoms with Crippen LogP contribution in [-0.2, 0) is 6.18 Å². The van der Waals surface area contributed by atoms with Crippen molar-refractivity contribution in [2.24, 2.45) is 0 Å². The van der Waals surface area contributed by atoms with Gasteiger partial charge in [0.05, 0.1) is 11.3 Å². The molecule has 1 aliphatic heterocycles. The number of anilines is 1. The van der Waals surface area contributed by atoms with E-state index in [1.807, 2.05) is 36.4 Å². The number of nitrogens with zero attached hydrogens (tertiary/aromatic N) is 2. The number of nitrogens with one attached hydrogen (secondary N) is 2. The molecule has 0 spiro atoms. The fraction of sp³-hybridized carbons (Fsp3) is 0.273. The molecule has 0 bridgehead atoms. The molecular weight excluding hydrogens is 393 g/mol. The van der Waals surface area contributed by atoms with Crippen molar-refractivity contribution in [2.45, 2.75) is 25.1 Å². The van der Waals surface area contributed by atoms with Crippen molar-refractivity contribution in [3.05, 3.63) is 71.8 Å². The van der Waals surface area contributed by atoms with Crippen LogP contribution in [0.2, 0.25) is 0 Å². The van der Waals surface area contributed by atoms with Crippen molar-refractivity contribution in [1.29, 1.82) is 0 Å². The fourth-order valence-electron chi connectivity index (χ4n) is 3.62. The smallest absolute Gasteiger partial charge is 0.353 e. The van der Waals surface area contributed by atoms with Crippen molar-refractivity contribution in [3.63, 3.8) is 0 Å². The largest absolute Gasteiger partial charge is 0.416 e. The van der Waals surface area contributed by atoms with Gasteiger partial charge in [-0.05, 0) is 42.7 Å². The van der Waals surface area contributed by atoms with Crippen molar-refractivity contribution < 1.29 is 18.0 Å². The highest BCUT2D eigenvalue weighted by molar-refractivity contribution is 5.94. The van der Waals surface area contributed by atoms with E-state index in [1.54, 1.807) is 0 Å². The molecule has 4 rings (SSSR count). The number of aromatic nitrogens is 2. The Morgan fingerprint density at radius 3 is 2.53 bits per heavy atom. The second-order valence-corrected chi connectivity index (χ2v) is 7.34. The van der Waals surface area contributed by atoms with Gasteiger partial charge < -0.3 is 10.2 Å². The lowest BCUT2D eigenvalue weighted by molar-refractivity contribution is -0.137. The van der Waals surface area contributed by atoms with E-state index < -0.39 is 11.7 Å². The molecular formula is C22H21F3N4O. The number of piperidine rings is 1. The molecule has 1 aliphatic rings. The number of hydrogen-bond donors (Lipinski definition) is 2. The fourth-order valence-corrected chi connectivity index (χ4v) is 3.62. The van der Waals surface area contributed by atoms with Crippen LogP contribution < -0.4 is 10.2 Å². The molecule has 0 radical (unpaired) electrons. The van der Waals surface area contributed by atoms with Gasteiger partial charge in [0.1, 0.15) is 0 Å². The van der Waals surface area contributed by atoms with Crippen LogP contribution in [0, 0.1) is 0 Å². The number of halogens is 3. The van der Waals surface area contributed by atoms with E-state index in [9.17, 15) is 18.0 Å². The lowest BCUT2D eigenvalue weighted by Crippen LogP contribution is -2.48. The summed E-state index contributed by atoms with van der Waals surface area (Å²) in [4.78, 5) is 14.6. The summed E-state index contributed by atoms with van der Waals surface area (Å²) < 4.78 is 38.1. The van der Waals surface area contributed by atoms with Crippen LogP contribution in [0.15, 0.2) is 60.7 Å². The number of hydrogen-bond acceptors (Lipinski definition) is 3. The zero-order valence-electron chi connectivity index (χ0n) is 16.1. The van der Waals surface area contributed by atoms with Gasteiger partial charge in [-0.2, -0.15) is 18.3 Å². The third-order valence-corrected chi connectivity index (χ3v) is 5.20. The number of carbonyl (C=O) groups excluding carboxylic acids is 1. The summed E-state index contributed by atoms with van der Waals surface area (Å²) >= 11 is 0. The van der Waals surface area contributed by atoms with Crippen molar-refractivity contribution in [2.75, 3.05) is 18.0 Å². The summed E-state index contributed by atoms with van der Waals surface area (Å²) in [6.45, 7) is 1.41. The van der Waals surface area contributed by atoms with Crippen molar-refractivity contribution in [1.82, 2.24) is 15.5 Å². The first-order chi connectivity index (χ1) is 14.4. The maximum absolute atomic E-state index is 12.7. The molecule has 0 saturated carbocycles. The van der Waals surface area contributed by atoms with Crippen LogP contribution >= 0.6 is 0 Å². The highest BCUT2D eigenvalue weighted by atomic mass is 19.4. The van der Waals surface area contributed by atoms with E-state index >= 15 is 0 Å². The molecule has 0 unspecified atom stereocenters. The first-order valence-corrected chi connectivity index (χ1v) is 9.74. The molecule has 156 valence electrons. The van der Waals surface area contributed by atoms with Crippen LogP contribution in [0.1, 0.15) is 28.8 Å². The normalized spacial score (nSPS) is 17.0. The van der Waals surface area contributed by atoms with Gasteiger partial charge >= 0.3 is 6.18 Å². The predicted molar refractivity (Wildman–Crippen MR) is 108 cm³/mol. The average Bonchev–Trinajstić information content (AvgIpc) is 3.24. The van der Waals surface area contributed by atoms with Gasteiger partial charge in [-0.3, -0.25) is 9.89 Å². The van der Waals surface area contributed by atoms with Gasteiger partial charge in [0, 0.05) is 30.8 Å². The number of rotatable bonds is 4. The van der Waals surface area contributed by atoms with E-state index in [4.69, 9.17) is 0 Å². The molecule has 30 heavy (non-hydrogen) atoms. The second kappa shape index (κ2) is 8.22. The van der Waals surface area contributed by atoms with E-state index in [0.717, 1.165) is 48.6 Å². The highest BCUT2D eigenvalue weighted by Gasteiger charge is 2.30. The first kappa shape index (κ1) is 20.0. The molecule has 1 amide bonds. The first-order valence-electron chi connectivity index (χ1n) is 9.74. The Balaban J connectivity index is 1.39. The lowest BCUT2D eigenvalue weighted by atomic mass is 10.0. The number of carbonyl (C=O) groups is 1. The number of H-pyrrole nitrogens is 1. The topological polar surface area (TPSA) is 61.0 Å². The van der Waals surface area contributed by atoms with E-state index in [1.165, 1.54) is 12.1 Å². The maximum Gasteiger partial charge on any atom is 0.416 e. The number of amides is 1. The molecule has 5 nitrogen and oxygen atoms in total. The minimum absolute atomic E-state index is 0.106. The maximum atomic E-state index is 12.7. The monoisotopic (exact) mass is 414 g/mol. The van der Waals surface area contributed by atoms with Gasteiger partial charge in [-0.25, -0.2) is 0 Å². The van der Waals surface area contributed by atoms with Crippen LogP contribution in [0.3, 0.4) is 0 Å². The third kappa shape index (κ3) is 4.48. The van der Waals surface area contributed by atoms with Gasteiger partial charge in [-0.1, -0.05) is 30.3 Å². The van der Waals surface area contributed by atoms with Crippen molar-refractivity contribution in [3.8, 4) is 11.3 Å². The molecule has 3 aromatic rings. The Morgan fingerprint density at radius 1 is 1.10 bits per heavy atom. The van der Waals surface area contributed by atoms with E-state index in [0.29, 0.717) is 6.54 Å². The highest BCUT2D eigenvalue weighted by Crippen LogP contribution is 2.29. The third-order valence-electron chi connectivity index (χ3n) is 5.20. The van der Waals surface area contributed by atoms with Gasteiger partial charge in [0.15, 0.2) is 5.82 Å². The van der Waals surface area contributed by atoms with Crippen LogP contribution in [0.5, 0.6) is 0 Å². The zero-order valence-corrected chi connectivity index (χ0v) is 16.1. The summed E-state index contributed by atoms with van der Waals surface area (Å²) in [6.07, 6.45) is -2.73.